The summed E-state index contributed by atoms with van der Waals surface area (Å²) in [4.78, 5) is 11.4. The molecule has 0 fully saturated rings. The van der Waals surface area contributed by atoms with Gasteiger partial charge in [0, 0.05) is 19.5 Å². The molecule has 0 bridgehead atoms. The molecular formula is C12H21IN4. The van der Waals surface area contributed by atoms with Gasteiger partial charge in [-0.2, -0.15) is 0 Å². The molecule has 1 aromatic heterocycles. The average molecular weight is 348 g/mol. The van der Waals surface area contributed by atoms with Crippen LogP contribution >= 0.6 is 22.6 Å². The van der Waals surface area contributed by atoms with Gasteiger partial charge < -0.3 is 10.2 Å². The van der Waals surface area contributed by atoms with E-state index in [1.807, 2.05) is 0 Å². The normalized spacial score (nSPS) is 10.9. The largest absolute Gasteiger partial charge is 0.369 e. The van der Waals surface area contributed by atoms with Crippen LogP contribution in [0.5, 0.6) is 0 Å². The SMILES string of the molecule is CCNc1nc(CCN(C)C)nc(CC)c1I. The molecule has 0 aliphatic heterocycles. The molecular weight excluding hydrogens is 327 g/mol. The second-order valence-corrected chi connectivity index (χ2v) is 5.27. The van der Waals surface area contributed by atoms with Gasteiger partial charge in [-0.3, -0.25) is 0 Å². The van der Waals surface area contributed by atoms with Crippen molar-refractivity contribution in [3.63, 3.8) is 0 Å². The van der Waals surface area contributed by atoms with Gasteiger partial charge in [0.25, 0.3) is 0 Å². The molecule has 0 aliphatic rings. The lowest BCUT2D eigenvalue weighted by Gasteiger charge is -2.13. The minimum atomic E-state index is 0.892. The van der Waals surface area contributed by atoms with Crippen molar-refractivity contribution in [3.05, 3.63) is 15.1 Å². The number of nitrogens with zero attached hydrogens (tertiary/aromatic N) is 3. The molecule has 0 saturated carbocycles. The minimum Gasteiger partial charge on any atom is -0.369 e. The smallest absolute Gasteiger partial charge is 0.143 e. The maximum Gasteiger partial charge on any atom is 0.143 e. The highest BCUT2D eigenvalue weighted by Gasteiger charge is 2.10. The average Bonchev–Trinajstić information content (AvgIpc) is 2.30. The van der Waals surface area contributed by atoms with Crippen LogP contribution in [0.4, 0.5) is 5.82 Å². The second kappa shape index (κ2) is 7.10. The third-order valence-electron chi connectivity index (χ3n) is 2.43. The Labute approximate surface area is 117 Å². The quantitative estimate of drug-likeness (QED) is 0.801. The van der Waals surface area contributed by atoms with Gasteiger partial charge in [-0.05, 0) is 50.0 Å². The highest BCUT2D eigenvalue weighted by atomic mass is 127. The molecule has 0 saturated heterocycles. The lowest BCUT2D eigenvalue weighted by Crippen LogP contribution is -2.18. The molecule has 1 heterocycles. The first-order chi connectivity index (χ1) is 8.08. The summed E-state index contributed by atoms with van der Waals surface area (Å²) in [6.07, 6.45) is 1.85. The summed E-state index contributed by atoms with van der Waals surface area (Å²) in [5.41, 5.74) is 1.14. The fourth-order valence-corrected chi connectivity index (χ4v) is 2.31. The van der Waals surface area contributed by atoms with Crippen molar-refractivity contribution in [2.45, 2.75) is 26.7 Å². The predicted octanol–water partition coefficient (Wildman–Crippen LogP) is 2.18. The van der Waals surface area contributed by atoms with E-state index in [0.717, 1.165) is 46.8 Å². The lowest BCUT2D eigenvalue weighted by atomic mass is 10.3. The Morgan fingerprint density at radius 3 is 2.47 bits per heavy atom. The van der Waals surface area contributed by atoms with Gasteiger partial charge in [-0.1, -0.05) is 6.92 Å². The van der Waals surface area contributed by atoms with Crippen molar-refractivity contribution in [2.24, 2.45) is 0 Å². The maximum absolute atomic E-state index is 4.62. The monoisotopic (exact) mass is 348 g/mol. The van der Waals surface area contributed by atoms with Crippen LogP contribution < -0.4 is 5.32 Å². The fraction of sp³-hybridized carbons (Fsp3) is 0.667. The van der Waals surface area contributed by atoms with Crippen LogP contribution in [0, 0.1) is 3.57 Å². The molecule has 96 valence electrons. The van der Waals surface area contributed by atoms with E-state index in [9.17, 15) is 0 Å². The van der Waals surface area contributed by atoms with Gasteiger partial charge in [0.05, 0.1) is 9.26 Å². The Kier molecular flexibility index (Phi) is 6.11. The highest BCUT2D eigenvalue weighted by molar-refractivity contribution is 14.1. The summed E-state index contributed by atoms with van der Waals surface area (Å²) in [6.45, 7) is 6.10. The minimum absolute atomic E-state index is 0.892. The molecule has 5 heteroatoms. The number of anilines is 1. The Hall–Kier alpha value is -0.430. The number of aryl methyl sites for hydroxylation is 1. The Balaban J connectivity index is 2.94. The number of hydrogen-bond donors (Lipinski definition) is 1. The van der Waals surface area contributed by atoms with Crippen molar-refractivity contribution >= 4 is 28.4 Å². The summed E-state index contributed by atoms with van der Waals surface area (Å²) in [7, 11) is 4.14. The molecule has 1 rings (SSSR count). The van der Waals surface area contributed by atoms with Gasteiger partial charge in [0.1, 0.15) is 11.6 Å². The summed E-state index contributed by atoms with van der Waals surface area (Å²) in [5.74, 6) is 1.92. The first kappa shape index (κ1) is 14.6. The van der Waals surface area contributed by atoms with Gasteiger partial charge in [-0.25, -0.2) is 9.97 Å². The summed E-state index contributed by atoms with van der Waals surface area (Å²) >= 11 is 2.32. The maximum atomic E-state index is 4.62. The van der Waals surface area contributed by atoms with Crippen LogP contribution in [-0.2, 0) is 12.8 Å². The van der Waals surface area contributed by atoms with E-state index >= 15 is 0 Å². The molecule has 17 heavy (non-hydrogen) atoms. The number of rotatable bonds is 6. The van der Waals surface area contributed by atoms with Crippen LogP contribution in [0.3, 0.4) is 0 Å². The topological polar surface area (TPSA) is 41.1 Å². The molecule has 0 aromatic carbocycles. The lowest BCUT2D eigenvalue weighted by molar-refractivity contribution is 0.409. The molecule has 0 radical (unpaired) electrons. The van der Waals surface area contributed by atoms with E-state index in [4.69, 9.17) is 0 Å². The zero-order valence-electron chi connectivity index (χ0n) is 11.0. The van der Waals surface area contributed by atoms with Gasteiger partial charge in [0.2, 0.25) is 0 Å². The first-order valence-electron chi connectivity index (χ1n) is 6.02. The van der Waals surface area contributed by atoms with E-state index in [2.05, 4.69) is 70.7 Å². The van der Waals surface area contributed by atoms with E-state index in [1.165, 1.54) is 0 Å². The third kappa shape index (κ3) is 4.39. The van der Waals surface area contributed by atoms with Gasteiger partial charge in [-0.15, -0.1) is 0 Å². The Morgan fingerprint density at radius 1 is 1.24 bits per heavy atom. The molecule has 4 nitrogen and oxygen atoms in total. The third-order valence-corrected chi connectivity index (χ3v) is 3.56. The predicted molar refractivity (Wildman–Crippen MR) is 80.5 cm³/mol. The van der Waals surface area contributed by atoms with Crippen LogP contribution in [0.25, 0.3) is 0 Å². The van der Waals surface area contributed by atoms with Crippen molar-refractivity contribution < 1.29 is 0 Å². The van der Waals surface area contributed by atoms with Crippen molar-refractivity contribution in [1.29, 1.82) is 0 Å². The Bertz CT molecular complexity index is 366. The molecule has 0 spiro atoms. The van der Waals surface area contributed by atoms with Crippen LogP contribution in [-0.4, -0.2) is 42.1 Å². The zero-order valence-corrected chi connectivity index (χ0v) is 13.2. The number of halogens is 1. The van der Waals surface area contributed by atoms with Gasteiger partial charge in [0.15, 0.2) is 0 Å². The number of nitrogens with one attached hydrogen (secondary N) is 1. The first-order valence-corrected chi connectivity index (χ1v) is 7.10. The summed E-state index contributed by atoms with van der Waals surface area (Å²) < 4.78 is 1.15. The number of hydrogen-bond acceptors (Lipinski definition) is 4. The van der Waals surface area contributed by atoms with Crippen LogP contribution in [0.1, 0.15) is 25.4 Å². The van der Waals surface area contributed by atoms with Crippen molar-refractivity contribution in [1.82, 2.24) is 14.9 Å². The molecule has 1 aromatic rings. The molecule has 0 unspecified atom stereocenters. The van der Waals surface area contributed by atoms with Crippen molar-refractivity contribution in [2.75, 3.05) is 32.5 Å². The fourth-order valence-electron chi connectivity index (χ4n) is 1.50. The molecule has 0 atom stereocenters. The highest BCUT2D eigenvalue weighted by Crippen LogP contribution is 2.19. The molecule has 0 aliphatic carbocycles. The zero-order chi connectivity index (χ0) is 12.8. The van der Waals surface area contributed by atoms with Crippen molar-refractivity contribution in [3.8, 4) is 0 Å². The van der Waals surface area contributed by atoms with E-state index in [1.54, 1.807) is 0 Å². The standard InChI is InChI=1S/C12H21IN4/c1-5-9-11(13)12(14-6-2)16-10(15-9)7-8-17(3)4/h5-8H2,1-4H3,(H,14,15,16). The Morgan fingerprint density at radius 2 is 1.94 bits per heavy atom. The number of likely N-dealkylation sites (N-methyl/N-ethyl adjacent to an activating group) is 1. The number of aromatic nitrogens is 2. The van der Waals surface area contributed by atoms with Crippen LogP contribution in [0.15, 0.2) is 0 Å². The summed E-state index contributed by atoms with van der Waals surface area (Å²) in [5, 5.41) is 3.31. The van der Waals surface area contributed by atoms with E-state index < -0.39 is 0 Å². The van der Waals surface area contributed by atoms with Crippen LogP contribution in [0.2, 0.25) is 0 Å². The molecule has 0 amide bonds. The molecule has 1 N–H and O–H groups in total. The van der Waals surface area contributed by atoms with Gasteiger partial charge >= 0.3 is 0 Å². The van der Waals surface area contributed by atoms with E-state index in [0.29, 0.717) is 0 Å². The second-order valence-electron chi connectivity index (χ2n) is 4.19. The van der Waals surface area contributed by atoms with E-state index in [-0.39, 0.29) is 0 Å². The summed E-state index contributed by atoms with van der Waals surface area (Å²) in [6, 6.07) is 0.